The van der Waals surface area contributed by atoms with Crippen molar-refractivity contribution in [3.63, 3.8) is 0 Å². The molecule has 0 aliphatic carbocycles. The summed E-state index contributed by atoms with van der Waals surface area (Å²) < 4.78 is 23.7. The molecule has 7 heteroatoms. The molecule has 6 nitrogen and oxygen atoms in total. The molecular formula is C18H16FN3O3. The number of nitrogens with one attached hydrogen (secondary N) is 1. The monoisotopic (exact) mass is 341 g/mol. The van der Waals surface area contributed by atoms with Gasteiger partial charge in [-0.1, -0.05) is 11.2 Å². The summed E-state index contributed by atoms with van der Waals surface area (Å²) >= 11 is 0. The first-order valence-electron chi connectivity index (χ1n) is 7.61. The Kier molecular flexibility index (Phi) is 4.74. The van der Waals surface area contributed by atoms with Gasteiger partial charge in [0.25, 0.3) is 0 Å². The maximum absolute atomic E-state index is 13.3. The summed E-state index contributed by atoms with van der Waals surface area (Å²) in [5, 5.41) is 6.75. The third kappa shape index (κ3) is 3.82. The average Bonchev–Trinajstić information content (AvgIpc) is 2.91. The van der Waals surface area contributed by atoms with Crippen LogP contribution in [0, 0.1) is 19.7 Å². The zero-order chi connectivity index (χ0) is 17.8. The number of halogens is 1. The molecule has 0 spiro atoms. The second-order valence-electron chi connectivity index (χ2n) is 5.41. The normalized spacial score (nSPS) is 10.5. The van der Waals surface area contributed by atoms with Crippen LogP contribution in [0.25, 0.3) is 0 Å². The van der Waals surface area contributed by atoms with Crippen LogP contribution in [0.1, 0.15) is 27.4 Å². The largest absolute Gasteiger partial charge is 0.457 e. The van der Waals surface area contributed by atoms with Crippen molar-refractivity contribution in [1.82, 2.24) is 10.1 Å². The minimum Gasteiger partial charge on any atom is -0.457 e. The van der Waals surface area contributed by atoms with Gasteiger partial charge in [0.2, 0.25) is 0 Å². The Morgan fingerprint density at radius 3 is 2.84 bits per heavy atom. The van der Waals surface area contributed by atoms with Crippen LogP contribution in [0.3, 0.4) is 0 Å². The molecular weight excluding hydrogens is 325 g/mol. The molecule has 2 aromatic heterocycles. The van der Waals surface area contributed by atoms with Crippen LogP contribution in [0.4, 0.5) is 15.9 Å². The zero-order valence-electron chi connectivity index (χ0n) is 13.7. The number of carbonyl (C=O) groups excluding carboxylic acids is 1. The number of aryl methyl sites for hydroxylation is 2. The Bertz CT molecular complexity index is 889. The molecule has 0 radical (unpaired) electrons. The smallest absolute Gasteiger partial charge is 0.342 e. The molecule has 3 rings (SSSR count). The predicted molar refractivity (Wildman–Crippen MR) is 89.0 cm³/mol. The third-order valence-electron chi connectivity index (χ3n) is 3.64. The number of carbonyl (C=O) groups is 1. The lowest BCUT2D eigenvalue weighted by atomic mass is 10.2. The van der Waals surface area contributed by atoms with Crippen LogP contribution in [0.5, 0.6) is 0 Å². The van der Waals surface area contributed by atoms with Crippen molar-refractivity contribution in [2.24, 2.45) is 0 Å². The molecule has 0 bridgehead atoms. The number of benzene rings is 1. The number of ether oxygens (including phenoxy) is 1. The van der Waals surface area contributed by atoms with Gasteiger partial charge in [-0.25, -0.2) is 14.2 Å². The predicted octanol–water partition coefficient (Wildman–Crippen LogP) is 3.93. The van der Waals surface area contributed by atoms with Crippen molar-refractivity contribution in [3.8, 4) is 0 Å². The summed E-state index contributed by atoms with van der Waals surface area (Å²) in [6.45, 7) is 3.58. The van der Waals surface area contributed by atoms with Gasteiger partial charge >= 0.3 is 5.97 Å². The Hall–Kier alpha value is -3.22. The molecule has 0 amide bonds. The molecule has 1 N–H and O–H groups in total. The van der Waals surface area contributed by atoms with Crippen LogP contribution in [-0.4, -0.2) is 16.1 Å². The number of hydrogen-bond acceptors (Lipinski definition) is 6. The van der Waals surface area contributed by atoms with Crippen LogP contribution < -0.4 is 5.32 Å². The zero-order valence-corrected chi connectivity index (χ0v) is 13.7. The van der Waals surface area contributed by atoms with Gasteiger partial charge in [0.05, 0.1) is 11.3 Å². The topological polar surface area (TPSA) is 77.2 Å². The summed E-state index contributed by atoms with van der Waals surface area (Å²) in [7, 11) is 0. The summed E-state index contributed by atoms with van der Waals surface area (Å²) in [5.41, 5.74) is 2.14. The van der Waals surface area contributed by atoms with Gasteiger partial charge in [-0.3, -0.25) is 0 Å². The molecule has 2 heterocycles. The lowest BCUT2D eigenvalue weighted by Gasteiger charge is -2.10. The van der Waals surface area contributed by atoms with Crippen molar-refractivity contribution in [2.75, 3.05) is 5.32 Å². The van der Waals surface area contributed by atoms with Crippen LogP contribution in [0.2, 0.25) is 0 Å². The fourth-order valence-electron chi connectivity index (χ4n) is 2.30. The molecule has 25 heavy (non-hydrogen) atoms. The van der Waals surface area contributed by atoms with E-state index in [1.165, 1.54) is 18.3 Å². The summed E-state index contributed by atoms with van der Waals surface area (Å²) in [5.74, 6) is -0.0399. The molecule has 3 aromatic rings. The summed E-state index contributed by atoms with van der Waals surface area (Å²) in [4.78, 5) is 16.6. The van der Waals surface area contributed by atoms with Gasteiger partial charge in [0.15, 0.2) is 0 Å². The number of esters is 1. The summed E-state index contributed by atoms with van der Waals surface area (Å²) in [6.07, 6.45) is 1.53. The fraction of sp³-hybridized carbons (Fsp3) is 0.167. The first kappa shape index (κ1) is 16.6. The first-order valence-corrected chi connectivity index (χ1v) is 7.61. The third-order valence-corrected chi connectivity index (χ3v) is 3.64. The highest BCUT2D eigenvalue weighted by Crippen LogP contribution is 2.21. The van der Waals surface area contributed by atoms with Crippen molar-refractivity contribution in [3.05, 3.63) is 71.0 Å². The van der Waals surface area contributed by atoms with E-state index in [0.29, 0.717) is 17.1 Å². The lowest BCUT2D eigenvalue weighted by molar-refractivity contribution is 0.0471. The Morgan fingerprint density at radius 2 is 2.12 bits per heavy atom. The number of rotatable bonds is 5. The highest BCUT2D eigenvalue weighted by Gasteiger charge is 2.17. The van der Waals surface area contributed by atoms with Crippen LogP contribution in [-0.2, 0) is 11.3 Å². The quantitative estimate of drug-likeness (QED) is 0.709. The molecule has 0 unspecified atom stereocenters. The van der Waals surface area contributed by atoms with E-state index in [4.69, 9.17) is 9.26 Å². The standard InChI is InChI=1S/C18H16FN3O3/c1-11-16(12(2)25-22-11)10-24-18(23)15-7-4-8-20-17(15)21-14-6-3-5-13(19)9-14/h3-9H,10H2,1-2H3,(H,20,21). The van der Waals surface area contributed by atoms with Gasteiger partial charge in [-0.15, -0.1) is 0 Å². The van der Waals surface area contributed by atoms with E-state index >= 15 is 0 Å². The highest BCUT2D eigenvalue weighted by atomic mass is 19.1. The summed E-state index contributed by atoms with van der Waals surface area (Å²) in [6, 6.07) is 9.11. The Balaban J connectivity index is 1.77. The molecule has 1 aromatic carbocycles. The minimum absolute atomic E-state index is 0.0499. The maximum Gasteiger partial charge on any atom is 0.342 e. The molecule has 0 atom stereocenters. The van der Waals surface area contributed by atoms with E-state index in [1.807, 2.05) is 0 Å². The first-order chi connectivity index (χ1) is 12.0. The molecule has 0 saturated heterocycles. The number of nitrogens with zero attached hydrogens (tertiary/aromatic N) is 2. The van der Waals surface area contributed by atoms with Crippen molar-refractivity contribution in [2.45, 2.75) is 20.5 Å². The van der Waals surface area contributed by atoms with E-state index in [0.717, 1.165) is 5.56 Å². The molecule has 0 aliphatic heterocycles. The number of hydrogen-bond donors (Lipinski definition) is 1. The average molecular weight is 341 g/mol. The Morgan fingerprint density at radius 1 is 1.28 bits per heavy atom. The van der Waals surface area contributed by atoms with Crippen molar-refractivity contribution < 1.29 is 18.4 Å². The highest BCUT2D eigenvalue weighted by molar-refractivity contribution is 5.95. The second kappa shape index (κ2) is 7.12. The van der Waals surface area contributed by atoms with Gasteiger partial charge in [0, 0.05) is 11.9 Å². The maximum atomic E-state index is 13.3. The van der Waals surface area contributed by atoms with Crippen molar-refractivity contribution in [1.29, 1.82) is 0 Å². The number of anilines is 2. The SMILES string of the molecule is Cc1noc(C)c1COC(=O)c1cccnc1Nc1cccc(F)c1. The van der Waals surface area contributed by atoms with E-state index < -0.39 is 5.97 Å². The minimum atomic E-state index is -0.549. The number of aromatic nitrogens is 2. The van der Waals surface area contributed by atoms with E-state index in [9.17, 15) is 9.18 Å². The van der Waals surface area contributed by atoms with Gasteiger partial charge < -0.3 is 14.6 Å². The molecule has 0 fully saturated rings. The van der Waals surface area contributed by atoms with Gasteiger partial charge in [-0.05, 0) is 44.2 Å². The fourth-order valence-corrected chi connectivity index (χ4v) is 2.30. The number of pyridine rings is 1. The van der Waals surface area contributed by atoms with Crippen molar-refractivity contribution >= 4 is 17.5 Å². The van der Waals surface area contributed by atoms with Crippen LogP contribution >= 0.6 is 0 Å². The Labute approximate surface area is 143 Å². The van der Waals surface area contributed by atoms with E-state index in [2.05, 4.69) is 15.5 Å². The lowest BCUT2D eigenvalue weighted by Crippen LogP contribution is -2.10. The molecule has 128 valence electrons. The van der Waals surface area contributed by atoms with E-state index in [1.54, 1.807) is 38.1 Å². The van der Waals surface area contributed by atoms with E-state index in [-0.39, 0.29) is 23.8 Å². The van der Waals surface area contributed by atoms with Crippen LogP contribution in [0.15, 0.2) is 47.1 Å². The second-order valence-corrected chi connectivity index (χ2v) is 5.41. The van der Waals surface area contributed by atoms with Gasteiger partial charge in [-0.2, -0.15) is 0 Å². The van der Waals surface area contributed by atoms with Gasteiger partial charge in [0.1, 0.15) is 29.6 Å². The molecule has 0 aliphatic rings. The molecule has 0 saturated carbocycles.